The minimum absolute atomic E-state index is 0.0612. The van der Waals surface area contributed by atoms with Gasteiger partial charge in [-0.25, -0.2) is 4.79 Å². The van der Waals surface area contributed by atoms with Crippen LogP contribution in [-0.2, 0) is 25.8 Å². The SMILES string of the molecule is COC(=O)C1=CCC(C)(C(C)(C)c2ccc3c(c2)C(C)(C)CCC3(C)C)C=C1. The molecule has 1 atom stereocenters. The average molecular weight is 381 g/mol. The molecule has 0 heterocycles. The minimum Gasteiger partial charge on any atom is -0.465 e. The number of hydrogen-bond donors (Lipinski definition) is 0. The van der Waals surface area contributed by atoms with Gasteiger partial charge in [-0.05, 0) is 57.6 Å². The molecule has 0 fully saturated rings. The van der Waals surface area contributed by atoms with Crippen LogP contribution in [0.3, 0.4) is 0 Å². The highest BCUT2D eigenvalue weighted by molar-refractivity contribution is 5.91. The number of carbonyl (C=O) groups excluding carboxylic acids is 1. The highest BCUT2D eigenvalue weighted by atomic mass is 16.5. The Kier molecular flexibility index (Phi) is 4.93. The van der Waals surface area contributed by atoms with E-state index in [2.05, 4.69) is 72.7 Å². The molecule has 0 bridgehead atoms. The first-order valence-electron chi connectivity index (χ1n) is 10.5. The molecule has 28 heavy (non-hydrogen) atoms. The largest absolute Gasteiger partial charge is 0.465 e. The number of rotatable bonds is 3. The van der Waals surface area contributed by atoms with Crippen LogP contribution in [0.15, 0.2) is 42.0 Å². The molecular formula is C26H36O2. The molecule has 3 rings (SSSR count). The molecule has 0 N–H and O–H groups in total. The van der Waals surface area contributed by atoms with Crippen molar-refractivity contribution in [2.45, 2.75) is 84.0 Å². The summed E-state index contributed by atoms with van der Waals surface area (Å²) in [5, 5.41) is 0. The number of methoxy groups -OCH3 is 1. The zero-order valence-electron chi connectivity index (χ0n) is 18.9. The van der Waals surface area contributed by atoms with Crippen molar-refractivity contribution in [1.82, 2.24) is 0 Å². The van der Waals surface area contributed by atoms with Gasteiger partial charge in [0.25, 0.3) is 0 Å². The van der Waals surface area contributed by atoms with Gasteiger partial charge in [0.15, 0.2) is 0 Å². The van der Waals surface area contributed by atoms with Crippen molar-refractivity contribution in [3.05, 3.63) is 58.7 Å². The van der Waals surface area contributed by atoms with Crippen molar-refractivity contribution >= 4 is 5.97 Å². The van der Waals surface area contributed by atoms with Crippen molar-refractivity contribution in [1.29, 1.82) is 0 Å². The molecule has 2 aliphatic rings. The Morgan fingerprint density at radius 2 is 1.61 bits per heavy atom. The lowest BCUT2D eigenvalue weighted by molar-refractivity contribution is -0.135. The fourth-order valence-electron chi connectivity index (χ4n) is 4.77. The van der Waals surface area contributed by atoms with E-state index in [1.54, 1.807) is 0 Å². The first kappa shape index (κ1) is 20.9. The minimum atomic E-state index is -0.256. The number of allylic oxidation sites excluding steroid dienone is 2. The summed E-state index contributed by atoms with van der Waals surface area (Å²) in [5.74, 6) is -0.256. The summed E-state index contributed by atoms with van der Waals surface area (Å²) >= 11 is 0. The van der Waals surface area contributed by atoms with Crippen LogP contribution in [-0.4, -0.2) is 13.1 Å². The van der Waals surface area contributed by atoms with Gasteiger partial charge < -0.3 is 4.74 Å². The molecule has 2 heteroatoms. The average Bonchev–Trinajstić information content (AvgIpc) is 2.65. The highest BCUT2D eigenvalue weighted by Crippen LogP contribution is 2.51. The third-order valence-corrected chi connectivity index (χ3v) is 7.80. The molecule has 0 spiro atoms. The van der Waals surface area contributed by atoms with Gasteiger partial charge in [-0.3, -0.25) is 0 Å². The second-order valence-electron chi connectivity index (χ2n) is 10.8. The smallest absolute Gasteiger partial charge is 0.337 e. The Hall–Kier alpha value is -1.83. The lowest BCUT2D eigenvalue weighted by Crippen LogP contribution is -2.40. The van der Waals surface area contributed by atoms with Crippen LogP contribution in [0.2, 0.25) is 0 Å². The first-order chi connectivity index (χ1) is 12.8. The highest BCUT2D eigenvalue weighted by Gasteiger charge is 2.43. The van der Waals surface area contributed by atoms with Crippen LogP contribution < -0.4 is 0 Å². The van der Waals surface area contributed by atoms with E-state index in [-0.39, 0.29) is 27.6 Å². The van der Waals surface area contributed by atoms with Gasteiger partial charge in [0, 0.05) is 0 Å². The normalized spacial score (nSPS) is 25.6. The molecule has 0 saturated carbocycles. The Balaban J connectivity index is 2.01. The molecular weight excluding hydrogens is 344 g/mol. The predicted octanol–water partition coefficient (Wildman–Crippen LogP) is 6.38. The van der Waals surface area contributed by atoms with Crippen LogP contribution in [0.5, 0.6) is 0 Å². The van der Waals surface area contributed by atoms with Crippen molar-refractivity contribution in [2.75, 3.05) is 7.11 Å². The number of esters is 1. The molecule has 0 aromatic heterocycles. The van der Waals surface area contributed by atoms with Gasteiger partial charge in [0.1, 0.15) is 0 Å². The number of hydrogen-bond acceptors (Lipinski definition) is 2. The molecule has 152 valence electrons. The Morgan fingerprint density at radius 1 is 1.00 bits per heavy atom. The van der Waals surface area contributed by atoms with E-state index in [1.807, 2.05) is 12.2 Å². The molecule has 0 radical (unpaired) electrons. The number of benzene rings is 1. The number of carbonyl (C=O) groups is 1. The predicted molar refractivity (Wildman–Crippen MR) is 117 cm³/mol. The van der Waals surface area contributed by atoms with Gasteiger partial charge in [-0.2, -0.15) is 0 Å². The maximum absolute atomic E-state index is 11.8. The standard InChI is InChI=1S/C26H36O2/c1-23(2)15-16-24(3,4)21-17-19(9-10-20(21)23)25(5,6)26(7)13-11-18(12-14-26)22(27)28-8/h9-13,17H,14-16H2,1-8H3. The van der Waals surface area contributed by atoms with Crippen LogP contribution in [0.4, 0.5) is 0 Å². The van der Waals surface area contributed by atoms with E-state index in [9.17, 15) is 4.79 Å². The van der Waals surface area contributed by atoms with Crippen LogP contribution in [0, 0.1) is 5.41 Å². The van der Waals surface area contributed by atoms with Crippen LogP contribution in [0.25, 0.3) is 0 Å². The monoisotopic (exact) mass is 380 g/mol. The third-order valence-electron chi connectivity index (χ3n) is 7.80. The van der Waals surface area contributed by atoms with E-state index >= 15 is 0 Å². The van der Waals surface area contributed by atoms with E-state index in [4.69, 9.17) is 4.74 Å². The second-order valence-corrected chi connectivity index (χ2v) is 10.8. The van der Waals surface area contributed by atoms with Crippen LogP contribution in [0.1, 0.15) is 84.4 Å². The van der Waals surface area contributed by atoms with Crippen molar-refractivity contribution in [3.63, 3.8) is 0 Å². The summed E-state index contributed by atoms with van der Waals surface area (Å²) in [6.07, 6.45) is 9.44. The topological polar surface area (TPSA) is 26.3 Å². The molecule has 0 saturated heterocycles. The second kappa shape index (κ2) is 6.61. The molecule has 1 aromatic carbocycles. The molecule has 0 aliphatic heterocycles. The summed E-state index contributed by atoms with van der Waals surface area (Å²) in [4.78, 5) is 11.8. The first-order valence-corrected chi connectivity index (χ1v) is 10.5. The molecule has 2 nitrogen and oxygen atoms in total. The summed E-state index contributed by atoms with van der Waals surface area (Å²) in [6, 6.07) is 7.18. The molecule has 0 amide bonds. The molecule has 2 aliphatic carbocycles. The number of fused-ring (bicyclic) bond motifs is 1. The van der Waals surface area contributed by atoms with Gasteiger partial charge >= 0.3 is 5.97 Å². The Bertz CT molecular complexity index is 851. The van der Waals surface area contributed by atoms with Gasteiger partial charge in [-0.15, -0.1) is 0 Å². The van der Waals surface area contributed by atoms with Crippen molar-refractivity contribution < 1.29 is 9.53 Å². The van der Waals surface area contributed by atoms with Crippen molar-refractivity contribution in [3.8, 4) is 0 Å². The maximum Gasteiger partial charge on any atom is 0.337 e. The van der Waals surface area contributed by atoms with E-state index in [0.29, 0.717) is 5.57 Å². The maximum atomic E-state index is 11.8. The van der Waals surface area contributed by atoms with Gasteiger partial charge in [-0.1, -0.05) is 84.9 Å². The van der Waals surface area contributed by atoms with Gasteiger partial charge in [0.05, 0.1) is 12.7 Å². The van der Waals surface area contributed by atoms with Gasteiger partial charge in [0.2, 0.25) is 0 Å². The molecule has 1 aromatic rings. The van der Waals surface area contributed by atoms with E-state index in [1.165, 1.54) is 36.6 Å². The van der Waals surface area contributed by atoms with Crippen molar-refractivity contribution in [2.24, 2.45) is 5.41 Å². The summed E-state index contributed by atoms with van der Waals surface area (Å²) in [5.41, 5.74) is 5.35. The number of ether oxygens (including phenoxy) is 1. The van der Waals surface area contributed by atoms with E-state index < -0.39 is 0 Å². The quantitative estimate of drug-likeness (QED) is 0.569. The fourth-order valence-corrected chi connectivity index (χ4v) is 4.77. The zero-order valence-corrected chi connectivity index (χ0v) is 18.9. The Morgan fingerprint density at radius 3 is 2.14 bits per heavy atom. The summed E-state index contributed by atoms with van der Waals surface area (Å²) < 4.78 is 4.87. The lowest BCUT2D eigenvalue weighted by atomic mass is 9.58. The van der Waals surface area contributed by atoms with E-state index in [0.717, 1.165) is 6.42 Å². The zero-order chi connectivity index (χ0) is 21.0. The fraction of sp³-hybridized carbons (Fsp3) is 0.577. The molecule has 1 unspecified atom stereocenters. The third kappa shape index (κ3) is 3.25. The Labute approximate surface area is 171 Å². The lowest BCUT2D eigenvalue weighted by Gasteiger charge is -2.46. The van der Waals surface area contributed by atoms with Crippen LogP contribution >= 0.6 is 0 Å². The summed E-state index contributed by atoms with van der Waals surface area (Å²) in [6.45, 7) is 16.5. The summed E-state index contributed by atoms with van der Waals surface area (Å²) in [7, 11) is 1.44.